The van der Waals surface area contributed by atoms with E-state index in [1.165, 1.54) is 10.4 Å². The Morgan fingerprint density at radius 3 is 2.62 bits per heavy atom. The summed E-state index contributed by atoms with van der Waals surface area (Å²) in [4.78, 5) is 10.3. The summed E-state index contributed by atoms with van der Waals surface area (Å²) in [7, 11) is -3.07. The summed E-state index contributed by atoms with van der Waals surface area (Å²) in [5.41, 5.74) is 1.52. The van der Waals surface area contributed by atoms with Gasteiger partial charge in [0, 0.05) is 42.9 Å². The predicted octanol–water partition coefficient (Wildman–Crippen LogP) is 1.60. The highest BCUT2D eigenvalue weighted by Crippen LogP contribution is 2.24. The Balaban J connectivity index is 1.86. The number of nitro groups is 1. The Hall–Kier alpha value is -1.67. The summed E-state index contributed by atoms with van der Waals surface area (Å²) in [6, 6.07) is 4.88. The van der Waals surface area contributed by atoms with Crippen molar-refractivity contribution in [3.63, 3.8) is 0 Å². The fourth-order valence-corrected chi connectivity index (χ4v) is 3.53. The van der Waals surface area contributed by atoms with Crippen LogP contribution in [0.15, 0.2) is 18.2 Å². The molecule has 0 atom stereocenters. The number of benzene rings is 1. The van der Waals surface area contributed by atoms with Crippen LogP contribution in [0.25, 0.3) is 0 Å². The van der Waals surface area contributed by atoms with Crippen LogP contribution in [0.5, 0.6) is 0 Å². The zero-order valence-electron chi connectivity index (χ0n) is 12.1. The normalized spacial score (nSPS) is 16.5. The first kappa shape index (κ1) is 15.7. The number of aryl methyl sites for hydroxylation is 1. The number of nitrogens with zero attached hydrogens (tertiary/aromatic N) is 2. The second-order valence-electron chi connectivity index (χ2n) is 5.22. The van der Waals surface area contributed by atoms with E-state index in [1.54, 1.807) is 26.0 Å². The van der Waals surface area contributed by atoms with Crippen LogP contribution < -0.4 is 5.32 Å². The molecule has 1 aromatic carbocycles. The van der Waals surface area contributed by atoms with E-state index in [1.807, 2.05) is 0 Å². The van der Waals surface area contributed by atoms with E-state index in [2.05, 4.69) is 5.32 Å². The van der Waals surface area contributed by atoms with Crippen molar-refractivity contribution < 1.29 is 13.3 Å². The Morgan fingerprint density at radius 2 is 2.10 bits per heavy atom. The van der Waals surface area contributed by atoms with Gasteiger partial charge in [-0.3, -0.25) is 10.1 Å². The van der Waals surface area contributed by atoms with Gasteiger partial charge in [-0.2, -0.15) is 0 Å². The predicted molar refractivity (Wildman–Crippen MR) is 80.8 cm³/mol. The molecule has 7 nitrogen and oxygen atoms in total. The monoisotopic (exact) mass is 313 g/mol. The lowest BCUT2D eigenvalue weighted by molar-refractivity contribution is -0.385. The van der Waals surface area contributed by atoms with Gasteiger partial charge in [-0.1, -0.05) is 0 Å². The Bertz CT molecular complexity index is 639. The smallest absolute Gasteiger partial charge is 0.272 e. The summed E-state index contributed by atoms with van der Waals surface area (Å²) in [5.74, 6) is 0.413. The Morgan fingerprint density at radius 1 is 1.43 bits per heavy atom. The van der Waals surface area contributed by atoms with Crippen LogP contribution in [-0.2, 0) is 10.0 Å². The lowest BCUT2D eigenvalue weighted by atomic mass is 10.0. The zero-order valence-corrected chi connectivity index (χ0v) is 12.9. The van der Waals surface area contributed by atoms with Gasteiger partial charge in [0.25, 0.3) is 5.69 Å². The highest BCUT2D eigenvalue weighted by Gasteiger charge is 2.34. The van der Waals surface area contributed by atoms with Gasteiger partial charge >= 0.3 is 0 Å². The number of hydrogen-bond acceptors (Lipinski definition) is 5. The first-order valence-corrected chi connectivity index (χ1v) is 8.41. The number of hydrogen-bond donors (Lipinski definition) is 1. The van der Waals surface area contributed by atoms with Crippen molar-refractivity contribution in [1.29, 1.82) is 0 Å². The molecule has 1 saturated heterocycles. The average molecular weight is 313 g/mol. The van der Waals surface area contributed by atoms with Crippen molar-refractivity contribution in [1.82, 2.24) is 4.31 Å². The molecule has 21 heavy (non-hydrogen) atoms. The SMILES string of the molecule is CCS(=O)(=O)N1CC(CNc2ccc([N+](=O)[O-])c(C)c2)C1. The number of nitro benzene ring substituents is 1. The summed E-state index contributed by atoms with van der Waals surface area (Å²) in [6.07, 6.45) is 0. The van der Waals surface area contributed by atoms with Gasteiger partial charge in [-0.15, -0.1) is 0 Å². The second-order valence-corrected chi connectivity index (χ2v) is 7.48. The van der Waals surface area contributed by atoms with Gasteiger partial charge < -0.3 is 5.32 Å². The van der Waals surface area contributed by atoms with Crippen LogP contribution in [0.2, 0.25) is 0 Å². The van der Waals surface area contributed by atoms with Crippen molar-refractivity contribution >= 4 is 21.4 Å². The van der Waals surface area contributed by atoms with E-state index in [-0.39, 0.29) is 17.4 Å². The average Bonchev–Trinajstić information content (AvgIpc) is 2.36. The highest BCUT2D eigenvalue weighted by molar-refractivity contribution is 7.89. The standard InChI is InChI=1S/C13H19N3O4S/c1-3-21(19,20)15-8-11(9-15)7-14-12-4-5-13(16(17)18)10(2)6-12/h4-6,11,14H,3,7-9H2,1-2H3. The molecule has 8 heteroatoms. The third-order valence-corrected chi connectivity index (χ3v) is 5.48. The van der Waals surface area contributed by atoms with Crippen LogP contribution >= 0.6 is 0 Å². The van der Waals surface area contributed by atoms with Gasteiger partial charge in [-0.25, -0.2) is 12.7 Å². The van der Waals surface area contributed by atoms with Gasteiger partial charge in [0.05, 0.1) is 10.7 Å². The zero-order chi connectivity index (χ0) is 15.6. The van der Waals surface area contributed by atoms with E-state index in [4.69, 9.17) is 0 Å². The van der Waals surface area contributed by atoms with Crippen LogP contribution in [-0.4, -0.2) is 43.0 Å². The van der Waals surface area contributed by atoms with Gasteiger partial charge in [-0.05, 0) is 26.0 Å². The van der Waals surface area contributed by atoms with Crippen LogP contribution in [0.3, 0.4) is 0 Å². The van der Waals surface area contributed by atoms with Gasteiger partial charge in [0.15, 0.2) is 0 Å². The molecular weight excluding hydrogens is 294 g/mol. The maximum atomic E-state index is 11.6. The molecule has 0 unspecified atom stereocenters. The molecule has 116 valence electrons. The van der Waals surface area contributed by atoms with Crippen LogP contribution in [0.1, 0.15) is 12.5 Å². The van der Waals surface area contributed by atoms with Crippen molar-refractivity contribution in [3.8, 4) is 0 Å². The maximum Gasteiger partial charge on any atom is 0.272 e. The summed E-state index contributed by atoms with van der Waals surface area (Å²) >= 11 is 0. The first-order valence-electron chi connectivity index (χ1n) is 6.80. The number of sulfonamides is 1. The third kappa shape index (κ3) is 3.51. The Kier molecular flexibility index (Phi) is 4.48. The molecule has 0 saturated carbocycles. The quantitative estimate of drug-likeness (QED) is 0.636. The van der Waals surface area contributed by atoms with Crippen molar-refractivity contribution in [2.75, 3.05) is 30.7 Å². The van der Waals surface area contributed by atoms with Crippen molar-refractivity contribution in [2.24, 2.45) is 5.92 Å². The largest absolute Gasteiger partial charge is 0.385 e. The summed E-state index contributed by atoms with van der Waals surface area (Å²) in [6.45, 7) is 5.07. The minimum absolute atomic E-state index is 0.101. The maximum absolute atomic E-state index is 11.6. The van der Waals surface area contributed by atoms with E-state index in [0.29, 0.717) is 25.2 Å². The summed E-state index contributed by atoms with van der Waals surface area (Å²) < 4.78 is 24.7. The minimum atomic E-state index is -3.07. The molecule has 0 spiro atoms. The molecule has 2 rings (SSSR count). The van der Waals surface area contributed by atoms with Gasteiger partial charge in [0.1, 0.15) is 0 Å². The molecule has 1 N–H and O–H groups in total. The molecule has 0 amide bonds. The molecular formula is C13H19N3O4S. The van der Waals surface area contributed by atoms with E-state index in [9.17, 15) is 18.5 Å². The second kappa shape index (κ2) is 5.98. The number of nitrogens with one attached hydrogen (secondary N) is 1. The molecule has 1 aliphatic heterocycles. The molecule has 1 fully saturated rings. The van der Waals surface area contributed by atoms with Crippen molar-refractivity contribution in [2.45, 2.75) is 13.8 Å². The molecule has 0 bridgehead atoms. The van der Waals surface area contributed by atoms with E-state index < -0.39 is 14.9 Å². The Labute approximate surface area is 124 Å². The lowest BCUT2D eigenvalue weighted by Crippen LogP contribution is -2.52. The third-order valence-electron chi connectivity index (χ3n) is 3.67. The molecule has 1 aromatic rings. The van der Waals surface area contributed by atoms with Crippen LogP contribution in [0, 0.1) is 23.0 Å². The molecule has 0 radical (unpaired) electrons. The topological polar surface area (TPSA) is 92.6 Å². The van der Waals surface area contributed by atoms with Crippen LogP contribution in [0.4, 0.5) is 11.4 Å². The lowest BCUT2D eigenvalue weighted by Gasteiger charge is -2.38. The molecule has 0 aliphatic carbocycles. The fraction of sp³-hybridized carbons (Fsp3) is 0.538. The summed E-state index contributed by atoms with van der Waals surface area (Å²) in [5, 5.41) is 13.9. The first-order chi connectivity index (χ1) is 9.83. The molecule has 1 heterocycles. The van der Waals surface area contributed by atoms with Gasteiger partial charge in [0.2, 0.25) is 10.0 Å². The van der Waals surface area contributed by atoms with E-state index in [0.717, 1.165) is 5.69 Å². The number of rotatable bonds is 6. The molecule has 0 aromatic heterocycles. The fourth-order valence-electron chi connectivity index (χ4n) is 2.29. The van der Waals surface area contributed by atoms with E-state index >= 15 is 0 Å². The van der Waals surface area contributed by atoms with Crippen molar-refractivity contribution in [3.05, 3.63) is 33.9 Å². The highest BCUT2D eigenvalue weighted by atomic mass is 32.2. The molecule has 1 aliphatic rings. The number of anilines is 1. The minimum Gasteiger partial charge on any atom is -0.385 e.